The van der Waals surface area contributed by atoms with Crippen LogP contribution in [0.5, 0.6) is 5.75 Å². The van der Waals surface area contributed by atoms with Crippen molar-refractivity contribution in [1.82, 2.24) is 14.7 Å². The first-order chi connectivity index (χ1) is 12.0. The molecule has 0 spiro atoms. The second-order valence-electron chi connectivity index (χ2n) is 7.51. The van der Waals surface area contributed by atoms with Crippen molar-refractivity contribution in [2.45, 2.75) is 26.8 Å². The van der Waals surface area contributed by atoms with E-state index < -0.39 is 0 Å². The van der Waals surface area contributed by atoms with Gasteiger partial charge in [-0.3, -0.25) is 14.6 Å². The van der Waals surface area contributed by atoms with Crippen molar-refractivity contribution in [3.05, 3.63) is 29.8 Å². The summed E-state index contributed by atoms with van der Waals surface area (Å²) in [5.74, 6) is 1.83. The van der Waals surface area contributed by atoms with Gasteiger partial charge in [-0.05, 0) is 30.5 Å². The maximum Gasteiger partial charge on any atom is 0.219 e. The van der Waals surface area contributed by atoms with Gasteiger partial charge >= 0.3 is 0 Å². The summed E-state index contributed by atoms with van der Waals surface area (Å²) in [4.78, 5) is 18.5. The van der Waals surface area contributed by atoms with E-state index in [2.05, 4.69) is 35.8 Å². The standard InChI is InChI=1S/C20H31N3O2/c1-16-5-4-6-19(13-16)25-12-11-21-14-17(2)20(15-21)23-9-7-22(8-10-23)18(3)24/h4-6,13,17,20H,7-12,14-15H2,1-3H3/t17-,20-/m0/s1. The quantitative estimate of drug-likeness (QED) is 0.816. The average molecular weight is 345 g/mol. The maximum absolute atomic E-state index is 11.5. The fourth-order valence-electron chi connectivity index (χ4n) is 4.07. The van der Waals surface area contributed by atoms with Gasteiger partial charge in [-0.15, -0.1) is 0 Å². The van der Waals surface area contributed by atoms with Crippen molar-refractivity contribution in [1.29, 1.82) is 0 Å². The van der Waals surface area contributed by atoms with Crippen LogP contribution in [0, 0.1) is 12.8 Å². The van der Waals surface area contributed by atoms with Gasteiger partial charge in [-0.1, -0.05) is 19.1 Å². The fourth-order valence-corrected chi connectivity index (χ4v) is 4.07. The van der Waals surface area contributed by atoms with Gasteiger partial charge in [-0.2, -0.15) is 0 Å². The summed E-state index contributed by atoms with van der Waals surface area (Å²) in [5.41, 5.74) is 1.23. The molecule has 5 heteroatoms. The molecule has 2 fully saturated rings. The highest BCUT2D eigenvalue weighted by atomic mass is 16.5. The molecule has 2 atom stereocenters. The Morgan fingerprint density at radius 3 is 2.64 bits per heavy atom. The lowest BCUT2D eigenvalue weighted by molar-refractivity contribution is -0.130. The molecule has 0 aromatic heterocycles. The van der Waals surface area contributed by atoms with Gasteiger partial charge in [0.15, 0.2) is 0 Å². The average Bonchev–Trinajstić information content (AvgIpc) is 2.96. The Kier molecular flexibility index (Phi) is 5.97. The third kappa shape index (κ3) is 4.73. The smallest absolute Gasteiger partial charge is 0.219 e. The van der Waals surface area contributed by atoms with Crippen LogP contribution in [0.1, 0.15) is 19.4 Å². The van der Waals surface area contributed by atoms with E-state index in [1.54, 1.807) is 6.92 Å². The zero-order chi connectivity index (χ0) is 17.8. The molecule has 0 N–H and O–H groups in total. The largest absolute Gasteiger partial charge is 0.492 e. The number of likely N-dealkylation sites (tertiary alicyclic amines) is 1. The van der Waals surface area contributed by atoms with Gasteiger partial charge in [0.1, 0.15) is 12.4 Å². The molecule has 2 aliphatic heterocycles. The lowest BCUT2D eigenvalue weighted by Gasteiger charge is -2.39. The number of aryl methyl sites for hydroxylation is 1. The van der Waals surface area contributed by atoms with Crippen LogP contribution in [0.3, 0.4) is 0 Å². The summed E-state index contributed by atoms with van der Waals surface area (Å²) >= 11 is 0. The van der Waals surface area contributed by atoms with Crippen molar-refractivity contribution in [3.63, 3.8) is 0 Å². The van der Waals surface area contributed by atoms with Crippen LogP contribution in [0.4, 0.5) is 0 Å². The van der Waals surface area contributed by atoms with E-state index in [0.29, 0.717) is 12.0 Å². The molecule has 1 amide bonds. The van der Waals surface area contributed by atoms with Crippen LogP contribution in [-0.4, -0.2) is 79.1 Å². The van der Waals surface area contributed by atoms with Crippen LogP contribution < -0.4 is 4.74 Å². The molecule has 2 saturated heterocycles. The number of nitrogens with zero attached hydrogens (tertiary/aromatic N) is 3. The van der Waals surface area contributed by atoms with Crippen LogP contribution in [0.2, 0.25) is 0 Å². The summed E-state index contributed by atoms with van der Waals surface area (Å²) in [6, 6.07) is 8.85. The Morgan fingerprint density at radius 1 is 1.20 bits per heavy atom. The van der Waals surface area contributed by atoms with Crippen LogP contribution in [0.15, 0.2) is 24.3 Å². The Balaban J connectivity index is 1.43. The SMILES string of the molecule is CC(=O)N1CCN([C@H]2CN(CCOc3cccc(C)c3)C[C@@H]2C)CC1. The third-order valence-electron chi connectivity index (χ3n) is 5.54. The minimum Gasteiger partial charge on any atom is -0.492 e. The van der Waals surface area contributed by atoms with E-state index in [9.17, 15) is 4.79 Å². The lowest BCUT2D eigenvalue weighted by Crippen LogP contribution is -2.53. The highest BCUT2D eigenvalue weighted by molar-refractivity contribution is 5.73. The highest BCUT2D eigenvalue weighted by Gasteiger charge is 2.35. The number of rotatable bonds is 5. The first kappa shape index (κ1) is 18.2. The second-order valence-corrected chi connectivity index (χ2v) is 7.51. The van der Waals surface area contributed by atoms with Crippen molar-refractivity contribution >= 4 is 5.91 Å². The van der Waals surface area contributed by atoms with Gasteiger partial charge in [-0.25, -0.2) is 0 Å². The molecule has 0 aliphatic carbocycles. The van der Waals surface area contributed by atoms with E-state index in [0.717, 1.165) is 58.2 Å². The van der Waals surface area contributed by atoms with Gasteiger partial charge in [0, 0.05) is 58.8 Å². The van der Waals surface area contributed by atoms with E-state index in [-0.39, 0.29) is 5.91 Å². The van der Waals surface area contributed by atoms with Crippen molar-refractivity contribution < 1.29 is 9.53 Å². The number of piperazine rings is 1. The van der Waals surface area contributed by atoms with Crippen LogP contribution in [-0.2, 0) is 4.79 Å². The van der Waals surface area contributed by atoms with E-state index >= 15 is 0 Å². The predicted molar refractivity (Wildman–Crippen MR) is 99.9 cm³/mol. The monoisotopic (exact) mass is 345 g/mol. The number of hydrogen-bond donors (Lipinski definition) is 0. The molecule has 1 aromatic rings. The van der Waals surface area contributed by atoms with Crippen molar-refractivity contribution in [2.75, 3.05) is 52.4 Å². The number of carbonyl (C=O) groups is 1. The molecular formula is C20H31N3O2. The predicted octanol–water partition coefficient (Wildman–Crippen LogP) is 1.86. The van der Waals surface area contributed by atoms with Gasteiger partial charge in [0.05, 0.1) is 0 Å². The Bertz CT molecular complexity index is 584. The molecule has 25 heavy (non-hydrogen) atoms. The molecule has 0 unspecified atom stereocenters. The molecule has 0 saturated carbocycles. The van der Waals surface area contributed by atoms with Crippen LogP contribution >= 0.6 is 0 Å². The molecule has 1 aromatic carbocycles. The summed E-state index contributed by atoms with van der Waals surface area (Å²) < 4.78 is 5.91. The molecule has 138 valence electrons. The lowest BCUT2D eigenvalue weighted by atomic mass is 10.0. The molecule has 0 radical (unpaired) electrons. The number of hydrogen-bond acceptors (Lipinski definition) is 4. The van der Waals surface area contributed by atoms with Crippen molar-refractivity contribution in [3.8, 4) is 5.75 Å². The topological polar surface area (TPSA) is 36.0 Å². The summed E-state index contributed by atoms with van der Waals surface area (Å²) in [6.45, 7) is 13.8. The molecular weight excluding hydrogens is 314 g/mol. The maximum atomic E-state index is 11.5. The number of ether oxygens (including phenoxy) is 1. The molecule has 2 heterocycles. The Morgan fingerprint density at radius 2 is 1.96 bits per heavy atom. The van der Waals surface area contributed by atoms with E-state index in [1.165, 1.54) is 5.56 Å². The number of carbonyl (C=O) groups excluding carboxylic acids is 1. The first-order valence-corrected chi connectivity index (χ1v) is 9.44. The molecule has 3 rings (SSSR count). The Labute approximate surface area is 151 Å². The zero-order valence-electron chi connectivity index (χ0n) is 15.8. The normalized spacial score (nSPS) is 25.3. The minimum absolute atomic E-state index is 0.203. The van der Waals surface area contributed by atoms with E-state index in [1.807, 2.05) is 17.0 Å². The fraction of sp³-hybridized carbons (Fsp3) is 0.650. The minimum atomic E-state index is 0.203. The van der Waals surface area contributed by atoms with Gasteiger partial charge in [0.2, 0.25) is 5.91 Å². The summed E-state index contributed by atoms with van der Waals surface area (Å²) in [5, 5.41) is 0. The number of amides is 1. The van der Waals surface area contributed by atoms with Crippen LogP contribution in [0.25, 0.3) is 0 Å². The van der Waals surface area contributed by atoms with Gasteiger partial charge in [0.25, 0.3) is 0 Å². The summed E-state index contributed by atoms with van der Waals surface area (Å²) in [6.07, 6.45) is 0. The summed E-state index contributed by atoms with van der Waals surface area (Å²) in [7, 11) is 0. The zero-order valence-corrected chi connectivity index (χ0v) is 15.8. The van der Waals surface area contributed by atoms with Gasteiger partial charge < -0.3 is 9.64 Å². The molecule has 0 bridgehead atoms. The second kappa shape index (κ2) is 8.19. The highest BCUT2D eigenvalue weighted by Crippen LogP contribution is 2.23. The van der Waals surface area contributed by atoms with E-state index in [4.69, 9.17) is 4.74 Å². The molecule has 5 nitrogen and oxygen atoms in total. The Hall–Kier alpha value is -1.59. The third-order valence-corrected chi connectivity index (χ3v) is 5.54. The molecule has 2 aliphatic rings. The number of benzene rings is 1. The van der Waals surface area contributed by atoms with Crippen molar-refractivity contribution in [2.24, 2.45) is 5.92 Å². The first-order valence-electron chi connectivity index (χ1n) is 9.44.